The minimum Gasteiger partial charge on any atom is -0.455 e. The van der Waals surface area contributed by atoms with Gasteiger partial charge in [-0.05, 0) is 68.6 Å². The van der Waals surface area contributed by atoms with Gasteiger partial charge in [-0.15, -0.1) is 0 Å². The van der Waals surface area contributed by atoms with Crippen LogP contribution in [0.2, 0.25) is 0 Å². The average Bonchev–Trinajstić information content (AvgIpc) is 3.62. The maximum absolute atomic E-state index is 6.83. The van der Waals surface area contributed by atoms with Crippen molar-refractivity contribution in [1.82, 2.24) is 0 Å². The lowest BCUT2D eigenvalue weighted by Crippen LogP contribution is -2.13. The summed E-state index contributed by atoms with van der Waals surface area (Å²) in [7, 11) is 0. The van der Waals surface area contributed by atoms with E-state index in [9.17, 15) is 0 Å². The van der Waals surface area contributed by atoms with Gasteiger partial charge in [0.15, 0.2) is 0 Å². The first-order valence-electron chi connectivity index (χ1n) is 17.8. The van der Waals surface area contributed by atoms with Crippen LogP contribution in [-0.2, 0) is 0 Å². The number of anilines is 3. The van der Waals surface area contributed by atoms with Crippen molar-refractivity contribution in [2.45, 2.75) is 0 Å². The number of hydrogen-bond acceptors (Lipinski definition) is 2. The van der Waals surface area contributed by atoms with Gasteiger partial charge in [0.05, 0.1) is 16.8 Å². The number of hydrogen-bond donors (Lipinski definition) is 0. The van der Waals surface area contributed by atoms with Gasteiger partial charge in [0.25, 0.3) is 0 Å². The molecule has 1 heterocycles. The predicted octanol–water partition coefficient (Wildman–Crippen LogP) is 14.4. The van der Waals surface area contributed by atoms with Gasteiger partial charge >= 0.3 is 0 Å². The van der Waals surface area contributed by atoms with Gasteiger partial charge in [-0.2, -0.15) is 0 Å². The third kappa shape index (κ3) is 4.96. The van der Waals surface area contributed by atoms with Gasteiger partial charge in [0, 0.05) is 27.8 Å². The molecule has 0 saturated heterocycles. The molecule has 0 aliphatic heterocycles. The fourth-order valence-electron chi connectivity index (χ4n) is 7.85. The maximum atomic E-state index is 6.83. The van der Waals surface area contributed by atoms with Crippen molar-refractivity contribution >= 4 is 60.5 Å². The van der Waals surface area contributed by atoms with Crippen LogP contribution in [0, 0.1) is 0 Å². The SMILES string of the molecule is c1ccc(-c2cccc(-c3ccccc3)c2N(c2ccc3ccc4ccccc4c3c2)c2ccc(-c3ccccc3)c3oc4ccccc4c23)cc1. The molecular formula is C50H33NO. The fourth-order valence-corrected chi connectivity index (χ4v) is 7.85. The van der Waals surface area contributed by atoms with Crippen LogP contribution in [0.25, 0.3) is 76.9 Å². The van der Waals surface area contributed by atoms with E-state index in [0.29, 0.717) is 0 Å². The van der Waals surface area contributed by atoms with Crippen molar-refractivity contribution in [2.24, 2.45) is 0 Å². The van der Waals surface area contributed by atoms with Gasteiger partial charge in [-0.25, -0.2) is 0 Å². The summed E-state index contributed by atoms with van der Waals surface area (Å²) in [5, 5.41) is 7.05. The van der Waals surface area contributed by atoms with Crippen LogP contribution in [0.5, 0.6) is 0 Å². The second-order valence-corrected chi connectivity index (χ2v) is 13.3. The topological polar surface area (TPSA) is 16.4 Å². The van der Waals surface area contributed by atoms with Crippen LogP contribution in [0.3, 0.4) is 0 Å². The minimum atomic E-state index is 0.867. The lowest BCUT2D eigenvalue weighted by atomic mass is 9.93. The molecule has 10 rings (SSSR count). The quantitative estimate of drug-likeness (QED) is 0.165. The molecule has 0 N–H and O–H groups in total. The Kier molecular flexibility index (Phi) is 7.18. The first-order chi connectivity index (χ1) is 25.8. The minimum absolute atomic E-state index is 0.867. The predicted molar refractivity (Wildman–Crippen MR) is 220 cm³/mol. The zero-order valence-corrected chi connectivity index (χ0v) is 28.4. The standard InChI is InChI=1S/C50H33NO/c1-4-15-34(16-5-1)41-24-14-25-42(35-17-6-2-7-18-35)49(41)51(39-30-29-38-28-27-37-21-10-11-22-40(37)45(38)33-39)46-32-31-43(36-19-8-3-9-20-36)50-48(46)44-23-12-13-26-47(44)52-50/h1-33H. The van der Waals surface area contributed by atoms with E-state index in [-0.39, 0.29) is 0 Å². The first kappa shape index (κ1) is 30.0. The van der Waals surface area contributed by atoms with Gasteiger partial charge in [-0.3, -0.25) is 0 Å². The number of furan rings is 1. The molecular weight excluding hydrogens is 631 g/mol. The van der Waals surface area contributed by atoms with Crippen LogP contribution in [0.15, 0.2) is 205 Å². The fraction of sp³-hybridized carbons (Fsp3) is 0. The van der Waals surface area contributed by atoms with E-state index in [1.54, 1.807) is 0 Å². The van der Waals surface area contributed by atoms with Crippen molar-refractivity contribution in [3.8, 4) is 33.4 Å². The van der Waals surface area contributed by atoms with E-state index in [4.69, 9.17) is 4.42 Å². The molecule has 1 aromatic heterocycles. The molecule has 10 aromatic rings. The van der Waals surface area contributed by atoms with Crippen LogP contribution < -0.4 is 4.90 Å². The molecule has 0 radical (unpaired) electrons. The smallest absolute Gasteiger partial charge is 0.145 e. The summed E-state index contributed by atoms with van der Waals surface area (Å²) in [5.74, 6) is 0. The number of benzene rings is 9. The number of rotatable bonds is 6. The lowest BCUT2D eigenvalue weighted by Gasteiger charge is -2.31. The zero-order valence-electron chi connectivity index (χ0n) is 28.4. The Bertz CT molecular complexity index is 2830. The Morgan fingerprint density at radius 2 is 0.904 bits per heavy atom. The lowest BCUT2D eigenvalue weighted by molar-refractivity contribution is 0.670. The largest absolute Gasteiger partial charge is 0.455 e. The Morgan fingerprint density at radius 3 is 1.58 bits per heavy atom. The Morgan fingerprint density at radius 1 is 0.365 bits per heavy atom. The average molecular weight is 664 g/mol. The first-order valence-corrected chi connectivity index (χ1v) is 17.8. The molecule has 244 valence electrons. The molecule has 0 unspecified atom stereocenters. The number of para-hydroxylation sites is 2. The highest BCUT2D eigenvalue weighted by atomic mass is 16.3. The van der Waals surface area contributed by atoms with Crippen molar-refractivity contribution in [3.63, 3.8) is 0 Å². The van der Waals surface area contributed by atoms with Gasteiger partial charge in [0.1, 0.15) is 11.2 Å². The zero-order chi connectivity index (χ0) is 34.4. The monoisotopic (exact) mass is 663 g/mol. The van der Waals surface area contributed by atoms with E-state index >= 15 is 0 Å². The van der Waals surface area contributed by atoms with Crippen molar-refractivity contribution in [3.05, 3.63) is 200 Å². The number of nitrogens with zero attached hydrogens (tertiary/aromatic N) is 1. The summed E-state index contributed by atoms with van der Waals surface area (Å²) in [6.45, 7) is 0. The van der Waals surface area contributed by atoms with E-state index in [1.165, 1.54) is 21.5 Å². The molecule has 2 nitrogen and oxygen atoms in total. The number of fused-ring (bicyclic) bond motifs is 6. The summed E-state index contributed by atoms with van der Waals surface area (Å²) >= 11 is 0. The Balaban J connectivity index is 1.37. The van der Waals surface area contributed by atoms with Gasteiger partial charge in [0.2, 0.25) is 0 Å². The molecule has 0 amide bonds. The maximum Gasteiger partial charge on any atom is 0.145 e. The highest BCUT2D eigenvalue weighted by Crippen LogP contribution is 2.51. The molecule has 2 heteroatoms. The highest BCUT2D eigenvalue weighted by Gasteiger charge is 2.26. The van der Waals surface area contributed by atoms with E-state index in [2.05, 4.69) is 205 Å². The molecule has 52 heavy (non-hydrogen) atoms. The second kappa shape index (κ2) is 12.5. The third-order valence-electron chi connectivity index (χ3n) is 10.2. The highest BCUT2D eigenvalue weighted by molar-refractivity contribution is 6.18. The molecule has 0 aliphatic carbocycles. The summed E-state index contributed by atoms with van der Waals surface area (Å²) < 4.78 is 6.83. The molecule has 0 saturated carbocycles. The second-order valence-electron chi connectivity index (χ2n) is 13.3. The Hall–Kier alpha value is -6.90. The van der Waals surface area contributed by atoms with E-state index < -0.39 is 0 Å². The van der Waals surface area contributed by atoms with Crippen LogP contribution in [0.4, 0.5) is 17.1 Å². The summed E-state index contributed by atoms with van der Waals surface area (Å²) in [5.41, 5.74) is 11.8. The van der Waals surface area contributed by atoms with Gasteiger partial charge in [-0.1, -0.05) is 170 Å². The van der Waals surface area contributed by atoms with Gasteiger partial charge < -0.3 is 9.32 Å². The summed E-state index contributed by atoms with van der Waals surface area (Å²) in [6, 6.07) is 71.7. The third-order valence-corrected chi connectivity index (χ3v) is 10.2. The Labute approximate surface area is 302 Å². The summed E-state index contributed by atoms with van der Waals surface area (Å²) in [4.78, 5) is 2.48. The van der Waals surface area contributed by atoms with Crippen LogP contribution in [0.1, 0.15) is 0 Å². The van der Waals surface area contributed by atoms with Crippen molar-refractivity contribution in [1.29, 1.82) is 0 Å². The van der Waals surface area contributed by atoms with Crippen LogP contribution >= 0.6 is 0 Å². The van der Waals surface area contributed by atoms with Crippen molar-refractivity contribution in [2.75, 3.05) is 4.90 Å². The molecule has 0 bridgehead atoms. The summed E-state index contributed by atoms with van der Waals surface area (Å²) in [6.07, 6.45) is 0. The van der Waals surface area contributed by atoms with E-state index in [0.717, 1.165) is 72.4 Å². The van der Waals surface area contributed by atoms with E-state index in [1.807, 2.05) is 0 Å². The molecule has 0 spiro atoms. The molecule has 9 aromatic carbocycles. The molecule has 0 aliphatic rings. The van der Waals surface area contributed by atoms with Crippen molar-refractivity contribution < 1.29 is 4.42 Å². The van der Waals surface area contributed by atoms with Crippen LogP contribution in [-0.4, -0.2) is 0 Å². The molecule has 0 fully saturated rings. The normalized spacial score (nSPS) is 11.5. The molecule has 0 atom stereocenters.